The van der Waals surface area contributed by atoms with Crippen molar-refractivity contribution in [3.63, 3.8) is 0 Å². The van der Waals surface area contributed by atoms with Gasteiger partial charge in [-0.15, -0.1) is 0 Å². The van der Waals surface area contributed by atoms with Crippen molar-refractivity contribution in [2.45, 2.75) is 158 Å². The number of aliphatic hydroxyl groups is 2. The normalized spacial score (nSPS) is 20.8. The van der Waals surface area contributed by atoms with Gasteiger partial charge in [0, 0.05) is 75.0 Å². The average Bonchev–Trinajstić information content (AvgIpc) is 4.04. The quantitative estimate of drug-likeness (QED) is 0.0294. The van der Waals surface area contributed by atoms with Crippen LogP contribution in [0.2, 0.25) is 0 Å². The number of ether oxygens (including phenoxy) is 1. The second kappa shape index (κ2) is 32.8. The second-order valence-electron chi connectivity index (χ2n) is 22.0. The Morgan fingerprint density at radius 1 is 0.762 bits per heavy atom. The highest BCUT2D eigenvalue weighted by atomic mass is 33.1. The topological polar surface area (TPSA) is 297 Å². The van der Waals surface area contributed by atoms with Gasteiger partial charge in [0.25, 0.3) is 0 Å². The summed E-state index contributed by atoms with van der Waals surface area (Å²) in [6.45, 7) is 9.58. The number of H-pyrrole nitrogens is 1. The number of para-hydroxylation sites is 1. The lowest BCUT2D eigenvalue weighted by Crippen LogP contribution is -2.64. The Balaban J connectivity index is 1.39. The molecule has 7 amide bonds. The van der Waals surface area contributed by atoms with Crippen molar-refractivity contribution >= 4 is 74.0 Å². The Kier molecular flexibility index (Phi) is 25.7. The first-order valence-corrected chi connectivity index (χ1v) is 30.9. The smallest absolute Gasteiger partial charge is 0.407 e. The molecule has 10 N–H and O–H groups in total. The van der Waals surface area contributed by atoms with Gasteiger partial charge in [-0.3, -0.25) is 34.1 Å². The molecule has 0 spiro atoms. The number of amides is 7. The van der Waals surface area contributed by atoms with E-state index in [0.29, 0.717) is 42.0 Å². The van der Waals surface area contributed by atoms with Crippen LogP contribution in [0.5, 0.6) is 5.75 Å². The van der Waals surface area contributed by atoms with E-state index in [-0.39, 0.29) is 63.1 Å². The predicted octanol–water partition coefficient (Wildman–Crippen LogP) is 5.28. The minimum atomic E-state index is -1.81. The molecule has 3 heterocycles. The minimum Gasteiger partial charge on any atom is -0.508 e. The minimum absolute atomic E-state index is 0.0128. The maximum atomic E-state index is 15.3. The van der Waals surface area contributed by atoms with Crippen LogP contribution in [-0.4, -0.2) is 163 Å². The Morgan fingerprint density at radius 3 is 2.10 bits per heavy atom. The number of rotatable bonds is 23. The molecule has 84 heavy (non-hydrogen) atoms. The first-order chi connectivity index (χ1) is 40.2. The molecule has 6 rings (SSSR count). The molecular weight excluding hydrogens is 1110 g/mol. The SMILES string of the molecule is CCCCN(CCSSc1ccccn1)C(=O)CC[C@H]1C(=O)N[C@@H](Cc2ccc(O)cc2)C(=O)N[C@H](Cc2c[nH]c3ccccc23)C(=O)N[C@@H](CCCCNC(=O)OC(C)(C)C)C(=O)N[C@@H]([C@@H](C)O)C(O)N[C@@H](Cc2ccccc2)C(=O)N1C. The maximum absolute atomic E-state index is 15.3. The number of pyridine rings is 1. The number of aromatic hydroxyl groups is 1. The molecule has 21 nitrogen and oxygen atoms in total. The van der Waals surface area contributed by atoms with Gasteiger partial charge >= 0.3 is 6.09 Å². The van der Waals surface area contributed by atoms with Crippen molar-refractivity contribution in [2.24, 2.45) is 0 Å². The molecule has 2 aromatic heterocycles. The summed E-state index contributed by atoms with van der Waals surface area (Å²) in [5, 5.41) is 52.2. The van der Waals surface area contributed by atoms with Gasteiger partial charge in [0.05, 0.1) is 18.2 Å². The average molecular weight is 1200 g/mol. The van der Waals surface area contributed by atoms with Gasteiger partial charge in [-0.25, -0.2) is 9.78 Å². The van der Waals surface area contributed by atoms with E-state index in [9.17, 15) is 34.5 Å². The number of hydrogen-bond acceptors (Lipinski definition) is 15. The number of likely N-dealkylation sites (N-methyl/N-ethyl adjacent to an activating group) is 1. The van der Waals surface area contributed by atoms with Crippen molar-refractivity contribution in [3.05, 3.63) is 126 Å². The van der Waals surface area contributed by atoms with Gasteiger partial charge < -0.3 is 61.4 Å². The number of nitrogens with zero attached hydrogens (tertiary/aromatic N) is 3. The summed E-state index contributed by atoms with van der Waals surface area (Å²) in [7, 11) is 4.45. The number of aromatic nitrogens is 2. The molecule has 8 atom stereocenters. The van der Waals surface area contributed by atoms with Gasteiger partial charge in [0.15, 0.2) is 0 Å². The number of hydrogen-bond donors (Lipinski definition) is 10. The lowest BCUT2D eigenvalue weighted by molar-refractivity contribution is -0.144. The molecule has 0 radical (unpaired) electrons. The maximum Gasteiger partial charge on any atom is 0.407 e. The molecule has 0 bridgehead atoms. The first-order valence-electron chi connectivity index (χ1n) is 28.6. The van der Waals surface area contributed by atoms with Gasteiger partial charge in [-0.2, -0.15) is 0 Å². The number of unbranched alkanes of at least 4 members (excludes halogenated alkanes) is 2. The van der Waals surface area contributed by atoms with E-state index >= 15 is 14.4 Å². The van der Waals surface area contributed by atoms with E-state index < -0.39 is 89.8 Å². The molecular formula is C61H82N10O11S2. The molecule has 0 aliphatic carbocycles. The number of nitrogens with one attached hydrogen (secondary N) is 7. The number of phenols is 1. The largest absolute Gasteiger partial charge is 0.508 e. The fourth-order valence-electron chi connectivity index (χ4n) is 9.65. The van der Waals surface area contributed by atoms with E-state index in [1.807, 2.05) is 49.4 Å². The van der Waals surface area contributed by atoms with E-state index in [1.54, 1.807) is 91.3 Å². The Hall–Kier alpha value is -7.18. The number of aromatic amines is 1. The Morgan fingerprint density at radius 2 is 1.40 bits per heavy atom. The molecule has 1 aliphatic rings. The van der Waals surface area contributed by atoms with E-state index in [2.05, 4.69) is 41.9 Å². The number of aliphatic hydroxyl groups excluding tert-OH is 2. The summed E-state index contributed by atoms with van der Waals surface area (Å²) < 4.78 is 5.37. The number of benzene rings is 3. The Bertz CT molecular complexity index is 2930. The third-order valence-electron chi connectivity index (χ3n) is 14.2. The van der Waals surface area contributed by atoms with Crippen LogP contribution in [0.25, 0.3) is 10.9 Å². The highest BCUT2D eigenvalue weighted by Gasteiger charge is 2.39. The molecule has 1 unspecified atom stereocenters. The summed E-state index contributed by atoms with van der Waals surface area (Å²) >= 11 is 0. The van der Waals surface area contributed by atoms with Crippen molar-refractivity contribution in [3.8, 4) is 5.75 Å². The van der Waals surface area contributed by atoms with Crippen LogP contribution in [-0.2, 0) is 52.8 Å². The van der Waals surface area contributed by atoms with Crippen LogP contribution in [0, 0.1) is 0 Å². The van der Waals surface area contributed by atoms with Crippen LogP contribution in [0.4, 0.5) is 4.79 Å². The number of phenolic OH excluding ortho intramolecular Hbond substituents is 1. The summed E-state index contributed by atoms with van der Waals surface area (Å²) in [5.74, 6) is -3.62. The fraction of sp³-hybridized carbons (Fsp3) is 0.475. The molecule has 1 aliphatic heterocycles. The lowest BCUT2D eigenvalue weighted by Gasteiger charge is -2.35. The monoisotopic (exact) mass is 1190 g/mol. The van der Waals surface area contributed by atoms with Gasteiger partial charge in [0.2, 0.25) is 35.4 Å². The molecule has 3 aromatic carbocycles. The van der Waals surface area contributed by atoms with Crippen LogP contribution in [0.3, 0.4) is 0 Å². The highest BCUT2D eigenvalue weighted by molar-refractivity contribution is 8.76. The third-order valence-corrected chi connectivity index (χ3v) is 16.4. The van der Waals surface area contributed by atoms with Gasteiger partial charge in [-0.05, 0) is 124 Å². The highest BCUT2D eigenvalue weighted by Crippen LogP contribution is 2.29. The van der Waals surface area contributed by atoms with Crippen molar-refractivity contribution in [1.29, 1.82) is 0 Å². The molecule has 1 fully saturated rings. The van der Waals surface area contributed by atoms with E-state index in [4.69, 9.17) is 4.74 Å². The van der Waals surface area contributed by atoms with Gasteiger partial charge in [-0.1, -0.05) is 90.9 Å². The number of alkyl carbamates (subject to hydrolysis) is 1. The van der Waals surface area contributed by atoms with Crippen LogP contribution in [0.15, 0.2) is 114 Å². The van der Waals surface area contributed by atoms with E-state index in [1.165, 1.54) is 41.8 Å². The zero-order valence-electron chi connectivity index (χ0n) is 48.7. The van der Waals surface area contributed by atoms with Crippen LogP contribution in [0.1, 0.15) is 96.3 Å². The fourth-order valence-corrected chi connectivity index (χ4v) is 11.5. The number of carbonyl (C=O) groups excluding carboxylic acids is 7. The standard InChI is InChI=1S/C61H82N10O11S2/c1-7-8-32-71(33-34-83-84-51-23-15-17-30-62-51)52(74)29-28-50-57(78)67-47(35-41-24-26-43(73)27-25-41)55(76)66-48(37-42-38-64-45-21-13-12-20-44(42)45)56(77)65-46(22-14-16-31-63-60(81)82-61(3,4)5)54(75)69-53(39(2)72)58(79)68-49(59(80)70(50)6)36-40-18-10-9-11-19-40/h9-13,15,17-21,23-27,30,38-39,46-50,53,58,64,68,72-73,79H,7-8,14,16,22,28-29,31-37H2,1-6H3,(H,63,81)(H,65,77)(H,66,76)(H,67,78)(H,69,75)/t39-,46+,47+,48-,49+,50+,53+,58?/m1/s1. The summed E-state index contributed by atoms with van der Waals surface area (Å²) in [6, 6.07) is 19.5. The Labute approximate surface area is 499 Å². The van der Waals surface area contributed by atoms with Gasteiger partial charge in [0.1, 0.15) is 46.8 Å². The lowest BCUT2D eigenvalue weighted by atomic mass is 9.99. The zero-order chi connectivity index (χ0) is 60.8. The zero-order valence-corrected chi connectivity index (χ0v) is 50.3. The van der Waals surface area contributed by atoms with E-state index in [0.717, 1.165) is 28.8 Å². The molecule has 454 valence electrons. The van der Waals surface area contributed by atoms with Crippen LogP contribution < -0.4 is 31.9 Å². The number of fused-ring (bicyclic) bond motifs is 1. The number of carbonyl (C=O) groups is 7. The molecule has 23 heteroatoms. The second-order valence-corrected chi connectivity index (χ2v) is 24.4. The summed E-state index contributed by atoms with van der Waals surface area (Å²) in [4.78, 5) is 113. The third kappa shape index (κ3) is 20.9. The van der Waals surface area contributed by atoms with Crippen molar-refractivity contribution in [2.75, 3.05) is 32.4 Å². The summed E-state index contributed by atoms with van der Waals surface area (Å²) in [6.07, 6.45) is 0.959. The molecule has 5 aromatic rings. The molecule has 0 saturated carbocycles. The summed E-state index contributed by atoms with van der Waals surface area (Å²) in [5.41, 5.74) is 1.82. The van der Waals surface area contributed by atoms with Crippen molar-refractivity contribution in [1.82, 2.24) is 51.7 Å². The van der Waals surface area contributed by atoms with Crippen LogP contribution >= 0.6 is 21.6 Å². The molecule has 1 saturated heterocycles. The first kappa shape index (κ1) is 66.0. The predicted molar refractivity (Wildman–Crippen MR) is 324 cm³/mol. The van der Waals surface area contributed by atoms with Crippen molar-refractivity contribution < 1.29 is 53.6 Å².